The van der Waals surface area contributed by atoms with Gasteiger partial charge < -0.3 is 22.9 Å². The number of rotatable bonds is 4. The number of halogens is 2. The Morgan fingerprint density at radius 3 is 2.45 bits per heavy atom. The molecule has 0 atom stereocenters. The Kier molecular flexibility index (Phi) is 5.28. The quantitative estimate of drug-likeness (QED) is 0.496. The fourth-order valence-electron chi connectivity index (χ4n) is 1.54. The molecule has 0 aliphatic carbocycles. The number of benzene rings is 1. The first-order valence-corrected chi connectivity index (χ1v) is 5.90. The lowest BCUT2D eigenvalue weighted by Gasteiger charge is -2.04. The maximum atomic E-state index is 13.7. The number of anilines is 1. The molecule has 0 aliphatic heterocycles. The molecular formula is C14H18F2N4. The van der Waals surface area contributed by atoms with Gasteiger partial charge in [-0.2, -0.15) is 0 Å². The zero-order valence-corrected chi connectivity index (χ0v) is 11.2. The first-order valence-electron chi connectivity index (χ1n) is 5.90. The molecule has 0 aliphatic rings. The van der Waals surface area contributed by atoms with Crippen molar-refractivity contribution in [2.75, 3.05) is 12.3 Å². The van der Waals surface area contributed by atoms with Crippen molar-refractivity contribution < 1.29 is 8.78 Å². The molecule has 0 amide bonds. The van der Waals surface area contributed by atoms with Crippen molar-refractivity contribution >= 4 is 11.8 Å². The molecular weight excluding hydrogens is 262 g/mol. The van der Waals surface area contributed by atoms with Crippen LogP contribution in [0.15, 0.2) is 41.3 Å². The molecule has 6 heteroatoms. The topological polar surface area (TPSA) is 104 Å². The van der Waals surface area contributed by atoms with Crippen LogP contribution in [-0.2, 0) is 0 Å². The first kappa shape index (κ1) is 15.7. The van der Waals surface area contributed by atoms with Crippen molar-refractivity contribution in [3.05, 3.63) is 58.4 Å². The molecule has 0 bridgehead atoms. The second kappa shape index (κ2) is 6.72. The lowest BCUT2D eigenvalue weighted by atomic mass is 10.1. The predicted molar refractivity (Wildman–Crippen MR) is 78.0 cm³/mol. The summed E-state index contributed by atoms with van der Waals surface area (Å²) in [5, 5.41) is 0. The average Bonchev–Trinajstić information content (AvgIpc) is 2.40. The summed E-state index contributed by atoms with van der Waals surface area (Å²) in [6.07, 6.45) is 4.47. The Hall–Kier alpha value is -2.34. The highest BCUT2D eigenvalue weighted by Gasteiger charge is 2.08. The van der Waals surface area contributed by atoms with Gasteiger partial charge in [0.1, 0.15) is 5.82 Å². The zero-order valence-electron chi connectivity index (χ0n) is 11.2. The average molecular weight is 280 g/mol. The molecule has 1 rings (SSSR count). The van der Waals surface area contributed by atoms with Crippen molar-refractivity contribution in [3.8, 4) is 0 Å². The third-order valence-electron chi connectivity index (χ3n) is 2.66. The van der Waals surface area contributed by atoms with E-state index in [9.17, 15) is 8.78 Å². The van der Waals surface area contributed by atoms with Gasteiger partial charge in [0, 0.05) is 17.7 Å². The molecule has 0 unspecified atom stereocenters. The highest BCUT2D eigenvalue weighted by atomic mass is 19.1. The Labute approximate surface area is 116 Å². The molecule has 0 fully saturated rings. The Morgan fingerprint density at radius 2 is 1.90 bits per heavy atom. The summed E-state index contributed by atoms with van der Waals surface area (Å²) in [4.78, 5) is 0. The van der Waals surface area contributed by atoms with Crippen LogP contribution >= 0.6 is 0 Å². The third kappa shape index (κ3) is 3.83. The molecule has 0 spiro atoms. The maximum absolute atomic E-state index is 13.7. The van der Waals surface area contributed by atoms with Gasteiger partial charge in [-0.3, -0.25) is 0 Å². The molecule has 0 aromatic heterocycles. The van der Waals surface area contributed by atoms with Gasteiger partial charge in [-0.05, 0) is 25.1 Å². The van der Waals surface area contributed by atoms with Gasteiger partial charge >= 0.3 is 0 Å². The van der Waals surface area contributed by atoms with E-state index >= 15 is 0 Å². The molecule has 20 heavy (non-hydrogen) atoms. The summed E-state index contributed by atoms with van der Waals surface area (Å²) in [5.41, 5.74) is 22.7. The summed E-state index contributed by atoms with van der Waals surface area (Å²) in [5.74, 6) is -1.36. The van der Waals surface area contributed by atoms with Crippen molar-refractivity contribution in [1.29, 1.82) is 0 Å². The van der Waals surface area contributed by atoms with Gasteiger partial charge in [-0.1, -0.05) is 17.7 Å². The van der Waals surface area contributed by atoms with Gasteiger partial charge in [-0.15, -0.1) is 0 Å². The summed E-state index contributed by atoms with van der Waals surface area (Å²) >= 11 is 0. The second-order valence-corrected chi connectivity index (χ2v) is 4.27. The van der Waals surface area contributed by atoms with Gasteiger partial charge in [0.2, 0.25) is 0 Å². The SMILES string of the molecule is C/C(C=Cc1c(F)ccc(N)c1F)=C\C(CN)=C(N)N. The molecule has 1 aromatic carbocycles. The highest BCUT2D eigenvalue weighted by molar-refractivity contribution is 5.60. The van der Waals surface area contributed by atoms with E-state index in [-0.39, 0.29) is 23.6 Å². The Balaban J connectivity index is 3.08. The molecule has 0 heterocycles. The van der Waals surface area contributed by atoms with Crippen LogP contribution in [0.25, 0.3) is 6.08 Å². The van der Waals surface area contributed by atoms with Crippen molar-refractivity contribution in [2.45, 2.75) is 6.92 Å². The van der Waals surface area contributed by atoms with Gasteiger partial charge in [0.25, 0.3) is 0 Å². The summed E-state index contributed by atoms with van der Waals surface area (Å²) in [7, 11) is 0. The smallest absolute Gasteiger partial charge is 0.156 e. The Bertz CT molecular complexity index is 585. The van der Waals surface area contributed by atoms with E-state index in [2.05, 4.69) is 0 Å². The van der Waals surface area contributed by atoms with Crippen LogP contribution in [0.4, 0.5) is 14.5 Å². The minimum atomic E-state index is -0.790. The van der Waals surface area contributed by atoms with E-state index in [0.29, 0.717) is 11.1 Å². The fourth-order valence-corrected chi connectivity index (χ4v) is 1.54. The molecule has 0 saturated carbocycles. The number of hydrogen-bond acceptors (Lipinski definition) is 4. The summed E-state index contributed by atoms with van der Waals surface area (Å²) in [6, 6.07) is 2.29. The van der Waals surface area contributed by atoms with Gasteiger partial charge in [-0.25, -0.2) is 8.78 Å². The van der Waals surface area contributed by atoms with E-state index in [1.807, 2.05) is 0 Å². The number of allylic oxidation sites excluding steroid dienone is 2. The molecule has 1 aromatic rings. The normalized spacial score (nSPS) is 11.9. The number of nitrogen functional groups attached to an aromatic ring is 1. The first-order chi connectivity index (χ1) is 9.36. The Morgan fingerprint density at radius 1 is 1.25 bits per heavy atom. The van der Waals surface area contributed by atoms with E-state index < -0.39 is 11.6 Å². The fraction of sp³-hybridized carbons (Fsp3) is 0.143. The second-order valence-electron chi connectivity index (χ2n) is 4.27. The summed E-state index contributed by atoms with van der Waals surface area (Å²) < 4.78 is 27.2. The van der Waals surface area contributed by atoms with Gasteiger partial charge in [0.15, 0.2) is 5.82 Å². The van der Waals surface area contributed by atoms with E-state index in [0.717, 1.165) is 6.07 Å². The van der Waals surface area contributed by atoms with Crippen LogP contribution < -0.4 is 22.9 Å². The van der Waals surface area contributed by atoms with Crippen LogP contribution in [0.3, 0.4) is 0 Å². The predicted octanol–water partition coefficient (Wildman–Crippen LogP) is 1.59. The van der Waals surface area contributed by atoms with Crippen molar-refractivity contribution in [2.24, 2.45) is 17.2 Å². The lowest BCUT2D eigenvalue weighted by Crippen LogP contribution is -2.16. The van der Waals surface area contributed by atoms with Crippen LogP contribution in [0.1, 0.15) is 12.5 Å². The standard InChI is InChI=1S/C14H18F2N4/c1-8(6-9(7-17)14(19)20)2-3-10-11(15)4-5-12(18)13(10)16/h2-6H,7,17-20H2,1H3/b3-2?,8-6+. The minimum Gasteiger partial charge on any atom is -0.396 e. The molecule has 0 radical (unpaired) electrons. The van der Waals surface area contributed by atoms with Gasteiger partial charge in [0.05, 0.1) is 11.5 Å². The lowest BCUT2D eigenvalue weighted by molar-refractivity contribution is 0.582. The highest BCUT2D eigenvalue weighted by Crippen LogP contribution is 2.20. The van der Waals surface area contributed by atoms with Crippen LogP contribution in [0.5, 0.6) is 0 Å². The molecule has 0 saturated heterocycles. The largest absolute Gasteiger partial charge is 0.396 e. The van der Waals surface area contributed by atoms with E-state index in [1.165, 1.54) is 18.2 Å². The van der Waals surface area contributed by atoms with Crippen LogP contribution in [0, 0.1) is 11.6 Å². The van der Waals surface area contributed by atoms with Crippen LogP contribution in [0.2, 0.25) is 0 Å². The monoisotopic (exact) mass is 280 g/mol. The van der Waals surface area contributed by atoms with E-state index in [4.69, 9.17) is 22.9 Å². The summed E-state index contributed by atoms with van der Waals surface area (Å²) in [6.45, 7) is 1.91. The minimum absolute atomic E-state index is 0.110. The number of hydrogen-bond donors (Lipinski definition) is 4. The molecule has 8 N–H and O–H groups in total. The van der Waals surface area contributed by atoms with Crippen LogP contribution in [-0.4, -0.2) is 6.54 Å². The van der Waals surface area contributed by atoms with Crippen molar-refractivity contribution in [3.63, 3.8) is 0 Å². The third-order valence-corrected chi connectivity index (χ3v) is 2.66. The zero-order chi connectivity index (χ0) is 15.3. The van der Waals surface area contributed by atoms with E-state index in [1.54, 1.807) is 13.0 Å². The molecule has 108 valence electrons. The molecule has 4 nitrogen and oxygen atoms in total. The van der Waals surface area contributed by atoms with Crippen molar-refractivity contribution in [1.82, 2.24) is 0 Å². The number of nitrogens with two attached hydrogens (primary N) is 4. The maximum Gasteiger partial charge on any atom is 0.156 e.